The van der Waals surface area contributed by atoms with Gasteiger partial charge in [0.2, 0.25) is 0 Å². The number of benzene rings is 1. The fourth-order valence-corrected chi connectivity index (χ4v) is 2.91. The Kier molecular flexibility index (Phi) is 14.4. The van der Waals surface area contributed by atoms with E-state index in [-0.39, 0.29) is 0 Å². The molecule has 1 aromatic rings. The first-order valence-corrected chi connectivity index (χ1v) is 10.3. The molecule has 3 heteroatoms. The minimum absolute atomic E-state index is 0.819. The standard InChI is InChI=1S/C22H39NO2/c1-3-4-5-6-7-8-9-10-11-19-25-20-18-23-17-16-21-12-14-22(24-2)15-13-21/h12-15,23H,3-11,16-20H2,1-2H3. The first-order valence-electron chi connectivity index (χ1n) is 10.3. The van der Waals surface area contributed by atoms with Gasteiger partial charge in [-0.3, -0.25) is 0 Å². The van der Waals surface area contributed by atoms with E-state index < -0.39 is 0 Å². The lowest BCUT2D eigenvalue weighted by molar-refractivity contribution is 0.131. The molecule has 0 aromatic heterocycles. The molecule has 144 valence electrons. The zero-order valence-electron chi connectivity index (χ0n) is 16.5. The van der Waals surface area contributed by atoms with E-state index >= 15 is 0 Å². The molecular formula is C22H39NO2. The van der Waals surface area contributed by atoms with Gasteiger partial charge in [-0.25, -0.2) is 0 Å². The van der Waals surface area contributed by atoms with Crippen LogP contribution in [-0.4, -0.2) is 33.4 Å². The van der Waals surface area contributed by atoms with Gasteiger partial charge in [-0.15, -0.1) is 0 Å². The van der Waals surface area contributed by atoms with Gasteiger partial charge in [0, 0.05) is 13.2 Å². The van der Waals surface area contributed by atoms with Crippen molar-refractivity contribution in [3.63, 3.8) is 0 Å². The summed E-state index contributed by atoms with van der Waals surface area (Å²) in [4.78, 5) is 0. The van der Waals surface area contributed by atoms with Crippen LogP contribution in [0.15, 0.2) is 24.3 Å². The number of nitrogens with one attached hydrogen (secondary N) is 1. The third-order valence-electron chi connectivity index (χ3n) is 4.56. The summed E-state index contributed by atoms with van der Waals surface area (Å²) in [5.41, 5.74) is 1.34. The Morgan fingerprint density at radius 1 is 0.760 bits per heavy atom. The molecule has 0 bridgehead atoms. The maximum atomic E-state index is 5.70. The fraction of sp³-hybridized carbons (Fsp3) is 0.727. The predicted octanol–water partition coefficient (Wildman–Crippen LogP) is 5.37. The molecule has 0 aliphatic heterocycles. The molecule has 0 saturated heterocycles. The van der Waals surface area contributed by atoms with Gasteiger partial charge in [0.15, 0.2) is 0 Å². The van der Waals surface area contributed by atoms with E-state index in [0.717, 1.165) is 38.5 Å². The summed E-state index contributed by atoms with van der Waals surface area (Å²) in [6, 6.07) is 8.29. The van der Waals surface area contributed by atoms with Crippen LogP contribution in [0.25, 0.3) is 0 Å². The Hall–Kier alpha value is -1.06. The molecule has 1 N–H and O–H groups in total. The Bertz CT molecular complexity index is 392. The van der Waals surface area contributed by atoms with Gasteiger partial charge in [-0.05, 0) is 37.1 Å². The number of hydrogen-bond acceptors (Lipinski definition) is 3. The predicted molar refractivity (Wildman–Crippen MR) is 108 cm³/mol. The van der Waals surface area contributed by atoms with Crippen molar-refractivity contribution in [3.8, 4) is 5.75 Å². The maximum Gasteiger partial charge on any atom is 0.118 e. The molecule has 0 heterocycles. The van der Waals surface area contributed by atoms with Gasteiger partial charge in [-0.2, -0.15) is 0 Å². The molecule has 0 aliphatic rings. The molecule has 3 nitrogen and oxygen atoms in total. The van der Waals surface area contributed by atoms with Crippen molar-refractivity contribution < 1.29 is 9.47 Å². The molecule has 1 aromatic carbocycles. The van der Waals surface area contributed by atoms with Crippen LogP contribution in [0.2, 0.25) is 0 Å². The van der Waals surface area contributed by atoms with Crippen LogP contribution in [-0.2, 0) is 11.2 Å². The van der Waals surface area contributed by atoms with Gasteiger partial charge >= 0.3 is 0 Å². The molecule has 1 rings (SSSR count). The van der Waals surface area contributed by atoms with Crippen LogP contribution in [0.3, 0.4) is 0 Å². The van der Waals surface area contributed by atoms with E-state index in [4.69, 9.17) is 9.47 Å². The van der Waals surface area contributed by atoms with Crippen molar-refractivity contribution >= 4 is 0 Å². The first kappa shape index (κ1) is 22.0. The second-order valence-corrected chi connectivity index (χ2v) is 6.79. The molecule has 0 fully saturated rings. The van der Waals surface area contributed by atoms with E-state index in [1.165, 1.54) is 63.4 Å². The normalized spacial score (nSPS) is 11.0. The summed E-state index contributed by atoms with van der Waals surface area (Å²) in [5, 5.41) is 3.44. The van der Waals surface area contributed by atoms with Crippen molar-refractivity contribution in [1.29, 1.82) is 0 Å². The molecule has 0 amide bonds. The van der Waals surface area contributed by atoms with E-state index in [9.17, 15) is 0 Å². The monoisotopic (exact) mass is 349 g/mol. The number of methoxy groups -OCH3 is 1. The Morgan fingerprint density at radius 3 is 2.04 bits per heavy atom. The van der Waals surface area contributed by atoms with Crippen LogP contribution in [0.4, 0.5) is 0 Å². The summed E-state index contributed by atoms with van der Waals surface area (Å²) in [6.45, 7) is 5.94. The largest absolute Gasteiger partial charge is 0.497 e. The summed E-state index contributed by atoms with van der Waals surface area (Å²) >= 11 is 0. The minimum Gasteiger partial charge on any atom is -0.497 e. The highest BCUT2D eigenvalue weighted by Gasteiger charge is 1.96. The van der Waals surface area contributed by atoms with Crippen molar-refractivity contribution in [2.45, 2.75) is 71.1 Å². The van der Waals surface area contributed by atoms with Crippen molar-refractivity contribution in [1.82, 2.24) is 5.32 Å². The SMILES string of the molecule is CCCCCCCCCCCOCCNCCc1ccc(OC)cc1. The van der Waals surface area contributed by atoms with Gasteiger partial charge in [0.05, 0.1) is 13.7 Å². The van der Waals surface area contributed by atoms with Gasteiger partial charge in [0.1, 0.15) is 5.75 Å². The van der Waals surface area contributed by atoms with E-state index in [1.54, 1.807) is 7.11 Å². The van der Waals surface area contributed by atoms with Gasteiger partial charge in [0.25, 0.3) is 0 Å². The molecular weight excluding hydrogens is 310 g/mol. The number of ether oxygens (including phenoxy) is 2. The smallest absolute Gasteiger partial charge is 0.118 e. The van der Waals surface area contributed by atoms with Crippen LogP contribution < -0.4 is 10.1 Å². The number of unbranched alkanes of at least 4 members (excludes halogenated alkanes) is 8. The van der Waals surface area contributed by atoms with Gasteiger partial charge in [-0.1, -0.05) is 70.4 Å². The zero-order valence-corrected chi connectivity index (χ0v) is 16.5. The lowest BCUT2D eigenvalue weighted by Gasteiger charge is -2.07. The Balaban J connectivity index is 1.78. The van der Waals surface area contributed by atoms with Crippen LogP contribution >= 0.6 is 0 Å². The Morgan fingerprint density at radius 2 is 1.40 bits per heavy atom. The average Bonchev–Trinajstić information content (AvgIpc) is 2.65. The van der Waals surface area contributed by atoms with E-state index in [2.05, 4.69) is 24.4 Å². The average molecular weight is 350 g/mol. The van der Waals surface area contributed by atoms with Crippen LogP contribution in [0.1, 0.15) is 70.3 Å². The molecule has 0 radical (unpaired) electrons. The molecule has 0 aliphatic carbocycles. The topological polar surface area (TPSA) is 30.5 Å². The van der Waals surface area contributed by atoms with Crippen molar-refractivity contribution in [3.05, 3.63) is 29.8 Å². The molecule has 25 heavy (non-hydrogen) atoms. The molecule has 0 saturated carbocycles. The highest BCUT2D eigenvalue weighted by Crippen LogP contribution is 2.11. The van der Waals surface area contributed by atoms with Crippen LogP contribution in [0, 0.1) is 0 Å². The third-order valence-corrected chi connectivity index (χ3v) is 4.56. The minimum atomic E-state index is 0.819. The highest BCUT2D eigenvalue weighted by molar-refractivity contribution is 5.27. The molecule has 0 spiro atoms. The zero-order chi connectivity index (χ0) is 18.0. The van der Waals surface area contributed by atoms with E-state index in [0.29, 0.717) is 0 Å². The first-order chi connectivity index (χ1) is 12.4. The second kappa shape index (κ2) is 16.4. The second-order valence-electron chi connectivity index (χ2n) is 6.79. The van der Waals surface area contributed by atoms with Crippen LogP contribution in [0.5, 0.6) is 5.75 Å². The third kappa shape index (κ3) is 12.9. The summed E-state index contributed by atoms with van der Waals surface area (Å²) in [5.74, 6) is 0.918. The fourth-order valence-electron chi connectivity index (χ4n) is 2.91. The molecule has 0 unspecified atom stereocenters. The quantitative estimate of drug-likeness (QED) is 0.383. The highest BCUT2D eigenvalue weighted by atomic mass is 16.5. The summed E-state index contributed by atoms with van der Waals surface area (Å²) in [7, 11) is 1.70. The lowest BCUT2D eigenvalue weighted by atomic mass is 10.1. The summed E-state index contributed by atoms with van der Waals surface area (Å²) in [6.07, 6.45) is 13.3. The van der Waals surface area contributed by atoms with Crippen molar-refractivity contribution in [2.24, 2.45) is 0 Å². The number of rotatable bonds is 17. The van der Waals surface area contributed by atoms with Crippen molar-refractivity contribution in [2.75, 3.05) is 33.4 Å². The lowest BCUT2D eigenvalue weighted by Crippen LogP contribution is -2.22. The van der Waals surface area contributed by atoms with E-state index in [1.807, 2.05) is 12.1 Å². The van der Waals surface area contributed by atoms with Gasteiger partial charge < -0.3 is 14.8 Å². The Labute approximate surface area is 155 Å². The summed E-state index contributed by atoms with van der Waals surface area (Å²) < 4.78 is 10.9. The number of hydrogen-bond donors (Lipinski definition) is 1. The molecule has 0 atom stereocenters. The maximum absolute atomic E-state index is 5.70.